The van der Waals surface area contributed by atoms with Crippen LogP contribution in [0.4, 0.5) is 8.78 Å². The summed E-state index contributed by atoms with van der Waals surface area (Å²) < 4.78 is 24.6. The molecule has 0 atom stereocenters. The van der Waals surface area contributed by atoms with Crippen LogP contribution in [-0.4, -0.2) is 4.98 Å². The summed E-state index contributed by atoms with van der Waals surface area (Å²) in [6, 6.07) is 1.14. The Balaban J connectivity index is 3.25. The third kappa shape index (κ3) is 2.42. The van der Waals surface area contributed by atoms with Crippen molar-refractivity contribution in [3.63, 3.8) is 0 Å². The van der Waals surface area contributed by atoms with E-state index in [1.807, 2.05) is 0 Å². The smallest absolute Gasteiger partial charge is 0.238 e. The molecular formula is C7H4Cl3F2N. The second-order valence-electron chi connectivity index (χ2n) is 2.24. The summed E-state index contributed by atoms with van der Waals surface area (Å²) in [6.45, 7) is 0. The molecule has 1 aromatic rings. The first-order valence-electron chi connectivity index (χ1n) is 3.25. The lowest BCUT2D eigenvalue weighted by atomic mass is 10.2. The fourth-order valence-corrected chi connectivity index (χ4v) is 1.33. The Bertz CT molecular complexity index is 317. The Labute approximate surface area is 88.6 Å². The van der Waals surface area contributed by atoms with Crippen LogP contribution in [0.5, 0.6) is 0 Å². The van der Waals surface area contributed by atoms with E-state index in [0.717, 1.165) is 6.07 Å². The van der Waals surface area contributed by atoms with Gasteiger partial charge in [0.25, 0.3) is 6.43 Å². The molecule has 0 saturated heterocycles. The molecule has 72 valence electrons. The van der Waals surface area contributed by atoms with Crippen LogP contribution in [0.15, 0.2) is 6.07 Å². The third-order valence-electron chi connectivity index (χ3n) is 1.37. The Kier molecular flexibility index (Phi) is 3.71. The maximum atomic E-state index is 12.3. The summed E-state index contributed by atoms with van der Waals surface area (Å²) in [5.74, 6) is 0.0244. The first kappa shape index (κ1) is 11.0. The van der Waals surface area contributed by atoms with Crippen molar-refractivity contribution in [3.05, 3.63) is 27.5 Å². The van der Waals surface area contributed by atoms with Crippen molar-refractivity contribution in [3.8, 4) is 0 Å². The third-order valence-corrected chi connectivity index (χ3v) is 2.41. The fourth-order valence-electron chi connectivity index (χ4n) is 0.797. The van der Waals surface area contributed by atoms with Crippen molar-refractivity contribution < 1.29 is 8.78 Å². The SMILES string of the molecule is FC(F)c1cc(CCl)nc(Cl)c1Cl. The summed E-state index contributed by atoms with van der Waals surface area (Å²) in [4.78, 5) is 3.70. The van der Waals surface area contributed by atoms with E-state index in [1.165, 1.54) is 0 Å². The fraction of sp³-hybridized carbons (Fsp3) is 0.286. The number of hydrogen-bond acceptors (Lipinski definition) is 1. The molecule has 6 heteroatoms. The Morgan fingerprint density at radius 2 is 2.00 bits per heavy atom. The van der Waals surface area contributed by atoms with E-state index >= 15 is 0 Å². The van der Waals surface area contributed by atoms with Gasteiger partial charge in [-0.2, -0.15) is 0 Å². The molecule has 0 unspecified atom stereocenters. The van der Waals surface area contributed by atoms with Gasteiger partial charge < -0.3 is 0 Å². The molecule has 1 heterocycles. The molecule has 0 aliphatic carbocycles. The number of aromatic nitrogens is 1. The van der Waals surface area contributed by atoms with Crippen LogP contribution in [0, 0.1) is 0 Å². The summed E-state index contributed by atoms with van der Waals surface area (Å²) in [6.07, 6.45) is -2.67. The van der Waals surface area contributed by atoms with Gasteiger partial charge in [-0.05, 0) is 6.07 Å². The molecule has 0 aromatic carbocycles. The number of nitrogens with zero attached hydrogens (tertiary/aromatic N) is 1. The second kappa shape index (κ2) is 4.40. The van der Waals surface area contributed by atoms with Gasteiger partial charge in [0.05, 0.1) is 16.6 Å². The molecule has 0 saturated carbocycles. The molecule has 0 spiro atoms. The van der Waals surface area contributed by atoms with E-state index < -0.39 is 6.43 Å². The van der Waals surface area contributed by atoms with Gasteiger partial charge in [-0.15, -0.1) is 11.6 Å². The van der Waals surface area contributed by atoms with E-state index in [1.54, 1.807) is 0 Å². The van der Waals surface area contributed by atoms with Crippen molar-refractivity contribution in [1.82, 2.24) is 4.98 Å². The van der Waals surface area contributed by atoms with Gasteiger partial charge in [0.1, 0.15) is 5.15 Å². The highest BCUT2D eigenvalue weighted by molar-refractivity contribution is 6.41. The molecule has 1 nitrogen and oxygen atoms in total. The number of alkyl halides is 3. The predicted molar refractivity (Wildman–Crippen MR) is 48.8 cm³/mol. The van der Waals surface area contributed by atoms with Crippen molar-refractivity contribution in [2.24, 2.45) is 0 Å². The van der Waals surface area contributed by atoms with Crippen LogP contribution in [0.25, 0.3) is 0 Å². The molecule has 1 rings (SSSR count). The molecule has 0 aliphatic rings. The summed E-state index contributed by atoms with van der Waals surface area (Å²) in [5.41, 5.74) is -0.0521. The number of halogens is 5. The maximum Gasteiger partial charge on any atom is 0.265 e. The molecule has 0 fully saturated rings. The average molecular weight is 246 g/mol. The lowest BCUT2D eigenvalue weighted by Crippen LogP contribution is -1.94. The molecule has 0 bridgehead atoms. The van der Waals surface area contributed by atoms with Gasteiger partial charge in [-0.25, -0.2) is 13.8 Å². The number of hydrogen-bond donors (Lipinski definition) is 0. The standard InChI is InChI=1S/C7H4Cl3F2N/c8-2-3-1-4(7(11)12)5(9)6(10)13-3/h1,7H,2H2. The highest BCUT2D eigenvalue weighted by atomic mass is 35.5. The average Bonchev–Trinajstić information content (AvgIpc) is 2.09. The first-order chi connectivity index (χ1) is 6.06. The molecule has 1 aromatic heterocycles. The van der Waals surface area contributed by atoms with Crippen LogP contribution in [-0.2, 0) is 5.88 Å². The second-order valence-corrected chi connectivity index (χ2v) is 3.25. The Morgan fingerprint density at radius 3 is 2.46 bits per heavy atom. The molecule has 0 N–H and O–H groups in total. The van der Waals surface area contributed by atoms with E-state index in [-0.39, 0.29) is 27.3 Å². The van der Waals surface area contributed by atoms with Gasteiger partial charge in [-0.1, -0.05) is 23.2 Å². The maximum absolute atomic E-state index is 12.3. The highest BCUT2D eigenvalue weighted by Gasteiger charge is 2.16. The van der Waals surface area contributed by atoms with Gasteiger partial charge in [0, 0.05) is 5.56 Å². The lowest BCUT2D eigenvalue weighted by molar-refractivity contribution is 0.151. The van der Waals surface area contributed by atoms with Crippen molar-refractivity contribution in [1.29, 1.82) is 0 Å². The minimum absolute atomic E-state index is 0.0244. The van der Waals surface area contributed by atoms with Crippen LogP contribution in [0.2, 0.25) is 10.2 Å². The zero-order valence-corrected chi connectivity index (χ0v) is 8.47. The van der Waals surface area contributed by atoms with E-state index in [9.17, 15) is 8.78 Å². The van der Waals surface area contributed by atoms with Gasteiger partial charge in [0.15, 0.2) is 0 Å². The van der Waals surface area contributed by atoms with Crippen molar-refractivity contribution in [2.45, 2.75) is 12.3 Å². The molecule has 0 amide bonds. The van der Waals surface area contributed by atoms with Crippen molar-refractivity contribution in [2.75, 3.05) is 0 Å². The number of pyridine rings is 1. The highest BCUT2D eigenvalue weighted by Crippen LogP contribution is 2.32. The molecule has 0 radical (unpaired) electrons. The van der Waals surface area contributed by atoms with Crippen LogP contribution in [0.3, 0.4) is 0 Å². The summed E-state index contributed by atoms with van der Waals surface area (Å²) in [5, 5.41) is -0.361. The van der Waals surface area contributed by atoms with Crippen molar-refractivity contribution >= 4 is 34.8 Å². The van der Waals surface area contributed by atoms with Gasteiger partial charge in [0.2, 0.25) is 0 Å². The zero-order chi connectivity index (χ0) is 10.0. The van der Waals surface area contributed by atoms with E-state index in [2.05, 4.69) is 4.98 Å². The van der Waals surface area contributed by atoms with Gasteiger partial charge >= 0.3 is 0 Å². The largest absolute Gasteiger partial charge is 0.265 e. The van der Waals surface area contributed by atoms with E-state index in [4.69, 9.17) is 34.8 Å². The summed E-state index contributed by atoms with van der Waals surface area (Å²) >= 11 is 16.4. The monoisotopic (exact) mass is 245 g/mol. The Morgan fingerprint density at radius 1 is 1.38 bits per heavy atom. The Hall–Kier alpha value is -0.120. The van der Waals surface area contributed by atoms with E-state index in [0.29, 0.717) is 0 Å². The van der Waals surface area contributed by atoms with Gasteiger partial charge in [-0.3, -0.25) is 0 Å². The number of rotatable bonds is 2. The van der Waals surface area contributed by atoms with Crippen LogP contribution in [0.1, 0.15) is 17.7 Å². The molecule has 13 heavy (non-hydrogen) atoms. The predicted octanol–water partition coefficient (Wildman–Crippen LogP) is 4.06. The minimum Gasteiger partial charge on any atom is -0.238 e. The quantitative estimate of drug-likeness (QED) is 0.566. The minimum atomic E-state index is -2.67. The molecule has 0 aliphatic heterocycles. The van der Waals surface area contributed by atoms with Crippen LogP contribution < -0.4 is 0 Å². The van der Waals surface area contributed by atoms with Crippen LogP contribution >= 0.6 is 34.8 Å². The molecular weight excluding hydrogens is 242 g/mol. The topological polar surface area (TPSA) is 12.9 Å². The summed E-state index contributed by atoms with van der Waals surface area (Å²) in [7, 11) is 0. The normalized spacial score (nSPS) is 10.9. The zero-order valence-electron chi connectivity index (χ0n) is 6.20. The first-order valence-corrected chi connectivity index (χ1v) is 4.54. The lowest BCUT2D eigenvalue weighted by Gasteiger charge is -2.05.